The van der Waals surface area contributed by atoms with Crippen LogP contribution in [-0.2, 0) is 19.1 Å². The molecule has 24 heavy (non-hydrogen) atoms. The second-order valence-electron chi connectivity index (χ2n) is 5.66. The minimum Gasteiger partial charge on any atom is -0.457 e. The van der Waals surface area contributed by atoms with E-state index in [9.17, 15) is 30.0 Å². The molecular weight excluding hydrogens is 324 g/mol. The zero-order valence-corrected chi connectivity index (χ0v) is 13.3. The molecule has 6 atom stereocenters. The third kappa shape index (κ3) is 5.36. The van der Waals surface area contributed by atoms with E-state index in [0.717, 1.165) is 0 Å². The molecule has 0 amide bonds. The van der Waals surface area contributed by atoms with Gasteiger partial charge in [-0.3, -0.25) is 9.59 Å². The summed E-state index contributed by atoms with van der Waals surface area (Å²) in [6, 6.07) is 0. The maximum absolute atomic E-state index is 11.6. The molecule has 2 unspecified atom stereocenters. The molecule has 140 valence electrons. The molecule has 0 radical (unpaired) electrons. The first-order chi connectivity index (χ1) is 11.3. The molecule has 0 bridgehead atoms. The maximum atomic E-state index is 11.6. The van der Waals surface area contributed by atoms with Gasteiger partial charge in [-0.15, -0.1) is 0 Å². The first-order valence-corrected chi connectivity index (χ1v) is 7.84. The van der Waals surface area contributed by atoms with Gasteiger partial charge in [0.15, 0.2) is 12.2 Å². The number of esters is 2. The molecule has 1 aliphatic rings. The molecule has 0 saturated heterocycles. The minimum absolute atomic E-state index is 0.0316. The summed E-state index contributed by atoms with van der Waals surface area (Å²) >= 11 is 0. The van der Waals surface area contributed by atoms with Crippen LogP contribution in [0.3, 0.4) is 0 Å². The Morgan fingerprint density at radius 3 is 1.25 bits per heavy atom. The van der Waals surface area contributed by atoms with Crippen molar-refractivity contribution in [3.63, 3.8) is 0 Å². The van der Waals surface area contributed by atoms with E-state index in [0.29, 0.717) is 12.8 Å². The zero-order valence-electron chi connectivity index (χ0n) is 13.3. The number of hydrogen-bond acceptors (Lipinski definition) is 10. The fourth-order valence-electron chi connectivity index (χ4n) is 2.37. The lowest BCUT2D eigenvalue weighted by Gasteiger charge is -2.42. The number of rotatable bonds is 8. The van der Waals surface area contributed by atoms with Gasteiger partial charge >= 0.3 is 11.9 Å². The van der Waals surface area contributed by atoms with Crippen LogP contribution in [0.5, 0.6) is 0 Å². The van der Waals surface area contributed by atoms with Crippen LogP contribution in [0.4, 0.5) is 0 Å². The average molecular weight is 350 g/mol. The van der Waals surface area contributed by atoms with Gasteiger partial charge in [-0.1, -0.05) is 0 Å². The number of carbonyl (C=O) groups excluding carboxylic acids is 2. The Hall–Kier alpha value is -1.30. The smallest absolute Gasteiger partial charge is 0.306 e. The minimum atomic E-state index is -1.72. The number of carbonyl (C=O) groups is 2. The van der Waals surface area contributed by atoms with Crippen molar-refractivity contribution in [2.24, 2.45) is 11.5 Å². The highest BCUT2D eigenvalue weighted by Gasteiger charge is 2.52. The van der Waals surface area contributed by atoms with E-state index in [-0.39, 0.29) is 25.9 Å². The van der Waals surface area contributed by atoms with Crippen LogP contribution >= 0.6 is 0 Å². The van der Waals surface area contributed by atoms with Crippen molar-refractivity contribution in [2.75, 3.05) is 13.1 Å². The topological polar surface area (TPSA) is 186 Å². The van der Waals surface area contributed by atoms with Crippen molar-refractivity contribution in [3.8, 4) is 0 Å². The van der Waals surface area contributed by atoms with Crippen molar-refractivity contribution in [2.45, 2.75) is 62.3 Å². The number of hydrogen-bond donors (Lipinski definition) is 6. The normalized spacial score (nSPS) is 33.1. The molecule has 8 N–H and O–H groups in total. The van der Waals surface area contributed by atoms with E-state index >= 15 is 0 Å². The van der Waals surface area contributed by atoms with Gasteiger partial charge in [-0.05, 0) is 25.9 Å². The lowest BCUT2D eigenvalue weighted by atomic mass is 9.84. The van der Waals surface area contributed by atoms with E-state index in [4.69, 9.17) is 20.9 Å². The number of aliphatic hydroxyl groups is 4. The van der Waals surface area contributed by atoms with Gasteiger partial charge in [0, 0.05) is 12.8 Å². The second kappa shape index (κ2) is 9.87. The van der Waals surface area contributed by atoms with Crippen LogP contribution in [0.1, 0.15) is 25.7 Å². The number of nitrogens with two attached hydrogens (primary N) is 2. The van der Waals surface area contributed by atoms with Crippen LogP contribution in [0.25, 0.3) is 0 Å². The summed E-state index contributed by atoms with van der Waals surface area (Å²) in [6.45, 7) is 0.522. The van der Waals surface area contributed by atoms with Gasteiger partial charge in [-0.25, -0.2) is 0 Å². The molecule has 0 aromatic carbocycles. The fourth-order valence-corrected chi connectivity index (χ4v) is 2.37. The van der Waals surface area contributed by atoms with Gasteiger partial charge in [0.1, 0.15) is 24.4 Å². The monoisotopic (exact) mass is 350 g/mol. The average Bonchev–Trinajstić information content (AvgIpc) is 2.57. The third-order valence-corrected chi connectivity index (χ3v) is 3.75. The number of ether oxygens (including phenoxy) is 2. The summed E-state index contributed by atoms with van der Waals surface area (Å²) in [5.74, 6) is -1.47. The highest BCUT2D eigenvalue weighted by Crippen LogP contribution is 2.26. The van der Waals surface area contributed by atoms with Gasteiger partial charge in [0.25, 0.3) is 0 Å². The molecule has 0 heterocycles. The van der Waals surface area contributed by atoms with Crippen molar-refractivity contribution < 1.29 is 39.5 Å². The van der Waals surface area contributed by atoms with Crippen LogP contribution < -0.4 is 11.5 Å². The molecule has 1 aliphatic carbocycles. The predicted octanol–water partition coefficient (Wildman–Crippen LogP) is -3.25. The molecule has 10 heteroatoms. The SMILES string of the molecule is NCCCC(=O)OC1[C@@H](O)[C@@H](O)C(OC(=O)CCCN)[C@H](O)[C@H]1O. The predicted molar refractivity (Wildman–Crippen MR) is 80.4 cm³/mol. The molecule has 10 nitrogen and oxygen atoms in total. The Balaban J connectivity index is 2.71. The summed E-state index contributed by atoms with van der Waals surface area (Å²) in [7, 11) is 0. The van der Waals surface area contributed by atoms with E-state index < -0.39 is 48.6 Å². The number of aliphatic hydroxyl groups excluding tert-OH is 4. The van der Waals surface area contributed by atoms with Crippen LogP contribution in [0, 0.1) is 0 Å². The summed E-state index contributed by atoms with van der Waals surface area (Å²) in [5.41, 5.74) is 10.5. The summed E-state index contributed by atoms with van der Waals surface area (Å²) in [5, 5.41) is 40.1. The molecule has 1 saturated carbocycles. The summed E-state index contributed by atoms with van der Waals surface area (Å²) in [6.07, 6.45) is -9.34. The summed E-state index contributed by atoms with van der Waals surface area (Å²) in [4.78, 5) is 23.2. The summed E-state index contributed by atoms with van der Waals surface area (Å²) < 4.78 is 9.81. The second-order valence-corrected chi connectivity index (χ2v) is 5.66. The third-order valence-electron chi connectivity index (χ3n) is 3.75. The van der Waals surface area contributed by atoms with Gasteiger partial charge in [0.05, 0.1) is 0 Å². The molecule has 0 aromatic rings. The highest BCUT2D eigenvalue weighted by atomic mass is 16.6. The fraction of sp³-hybridized carbons (Fsp3) is 0.857. The van der Waals surface area contributed by atoms with Gasteiger partial charge in [0.2, 0.25) is 0 Å². The van der Waals surface area contributed by atoms with E-state index in [2.05, 4.69) is 0 Å². The maximum Gasteiger partial charge on any atom is 0.306 e. The molecule has 0 aromatic heterocycles. The lowest BCUT2D eigenvalue weighted by molar-refractivity contribution is -0.241. The standard InChI is InChI=1S/C14H26N2O8/c15-5-1-3-7(17)23-13-9(19)11(21)14(12(22)10(13)20)24-8(18)4-2-6-16/h9-14,19-22H,1-6,15-16H2/t9-,10-,11-,12+,13?,14?/m1/s1. The Kier molecular flexibility index (Phi) is 8.53. The molecule has 0 spiro atoms. The molecule has 1 fully saturated rings. The first-order valence-electron chi connectivity index (χ1n) is 7.84. The Labute approximate surface area is 139 Å². The quantitative estimate of drug-likeness (QED) is 0.243. The van der Waals surface area contributed by atoms with Crippen molar-refractivity contribution in [3.05, 3.63) is 0 Å². The molecule has 1 rings (SSSR count). The Bertz CT molecular complexity index is 368. The van der Waals surface area contributed by atoms with Crippen molar-refractivity contribution in [1.82, 2.24) is 0 Å². The highest BCUT2D eigenvalue weighted by molar-refractivity contribution is 5.70. The van der Waals surface area contributed by atoms with Crippen molar-refractivity contribution in [1.29, 1.82) is 0 Å². The van der Waals surface area contributed by atoms with Crippen LogP contribution in [0.15, 0.2) is 0 Å². The Morgan fingerprint density at radius 1 is 0.708 bits per heavy atom. The molecular formula is C14H26N2O8. The van der Waals surface area contributed by atoms with Crippen LogP contribution in [0.2, 0.25) is 0 Å². The Morgan fingerprint density at radius 2 is 1.00 bits per heavy atom. The zero-order chi connectivity index (χ0) is 18.3. The first kappa shape index (κ1) is 20.7. The van der Waals surface area contributed by atoms with Crippen LogP contribution in [-0.4, -0.2) is 82.1 Å². The largest absolute Gasteiger partial charge is 0.457 e. The lowest BCUT2D eigenvalue weighted by Crippen LogP contribution is -2.65. The van der Waals surface area contributed by atoms with Gasteiger partial charge in [-0.2, -0.15) is 0 Å². The van der Waals surface area contributed by atoms with Gasteiger partial charge < -0.3 is 41.4 Å². The van der Waals surface area contributed by atoms with E-state index in [1.54, 1.807) is 0 Å². The van der Waals surface area contributed by atoms with E-state index in [1.807, 2.05) is 0 Å². The van der Waals surface area contributed by atoms with Crippen molar-refractivity contribution >= 4 is 11.9 Å². The molecule has 0 aliphatic heterocycles. The van der Waals surface area contributed by atoms with E-state index in [1.165, 1.54) is 0 Å².